The van der Waals surface area contributed by atoms with Crippen LogP contribution in [0.25, 0.3) is 10.9 Å². The lowest BCUT2D eigenvalue weighted by Gasteiger charge is -2.13. The summed E-state index contributed by atoms with van der Waals surface area (Å²) in [6.07, 6.45) is 1.55. The first-order chi connectivity index (χ1) is 18.9. The number of benzene rings is 4. The number of aromatic nitrogens is 1. The smallest absolute Gasteiger partial charge is 0.261 e. The number of halogens is 1. The quantitative estimate of drug-likeness (QED) is 0.218. The van der Waals surface area contributed by atoms with Crippen LogP contribution in [0.15, 0.2) is 102 Å². The second-order valence-electron chi connectivity index (χ2n) is 8.27. The average molecular weight is 547 g/mol. The van der Waals surface area contributed by atoms with Crippen molar-refractivity contribution in [3.05, 3.63) is 103 Å². The molecule has 1 heterocycles. The summed E-state index contributed by atoms with van der Waals surface area (Å²) < 4.78 is 65.3. The maximum atomic E-state index is 15.0. The summed E-state index contributed by atoms with van der Waals surface area (Å²) >= 11 is 0. The van der Waals surface area contributed by atoms with Gasteiger partial charge < -0.3 is 18.9 Å². The Bertz CT molecular complexity index is 1730. The summed E-state index contributed by atoms with van der Waals surface area (Å²) in [5.41, 5.74) is 0.369. The van der Waals surface area contributed by atoms with Crippen LogP contribution in [0.2, 0.25) is 0 Å². The average Bonchev–Trinajstić information content (AvgIpc) is 2.95. The Morgan fingerprint density at radius 3 is 2.08 bits per heavy atom. The molecule has 0 aliphatic rings. The molecule has 4 aromatic carbocycles. The summed E-state index contributed by atoms with van der Waals surface area (Å²) in [5.74, 6) is 1.85. The summed E-state index contributed by atoms with van der Waals surface area (Å²) in [6.45, 7) is 0. The summed E-state index contributed by atoms with van der Waals surface area (Å²) in [6, 6.07) is 23.8. The second kappa shape index (κ2) is 10.9. The molecule has 198 valence electrons. The molecule has 0 fully saturated rings. The fraction of sp³-hybridized carbons (Fsp3) is 0.0690. The van der Waals surface area contributed by atoms with Gasteiger partial charge in [-0.05, 0) is 60.7 Å². The molecule has 5 rings (SSSR count). The maximum absolute atomic E-state index is 15.0. The van der Waals surface area contributed by atoms with E-state index in [1.165, 1.54) is 50.6 Å². The number of hydrogen-bond acceptors (Lipinski definition) is 7. The highest BCUT2D eigenvalue weighted by Crippen LogP contribution is 2.37. The van der Waals surface area contributed by atoms with Crippen LogP contribution in [0.5, 0.6) is 34.5 Å². The molecule has 39 heavy (non-hydrogen) atoms. The van der Waals surface area contributed by atoms with Gasteiger partial charge in [-0.2, -0.15) is 0 Å². The van der Waals surface area contributed by atoms with Crippen molar-refractivity contribution in [1.82, 2.24) is 4.98 Å². The summed E-state index contributed by atoms with van der Waals surface area (Å²) in [7, 11) is -1.02. The van der Waals surface area contributed by atoms with E-state index in [1.54, 1.807) is 36.5 Å². The Hall–Kier alpha value is -4.83. The number of ether oxygens (including phenoxy) is 4. The zero-order valence-electron chi connectivity index (χ0n) is 20.9. The van der Waals surface area contributed by atoms with Gasteiger partial charge in [0.2, 0.25) is 0 Å². The van der Waals surface area contributed by atoms with Gasteiger partial charge in [0.1, 0.15) is 23.0 Å². The van der Waals surface area contributed by atoms with Gasteiger partial charge in [0.15, 0.2) is 17.3 Å². The van der Waals surface area contributed by atoms with Gasteiger partial charge in [0.05, 0.1) is 30.3 Å². The number of para-hydroxylation sites is 1. The number of nitrogens with one attached hydrogen (secondary N) is 1. The third-order valence-corrected chi connectivity index (χ3v) is 7.11. The van der Waals surface area contributed by atoms with Gasteiger partial charge in [-0.1, -0.05) is 18.2 Å². The molecule has 0 spiro atoms. The molecule has 0 aliphatic heterocycles. The zero-order chi connectivity index (χ0) is 27.4. The highest BCUT2D eigenvalue weighted by Gasteiger charge is 2.18. The minimum Gasteiger partial charge on any atom is -0.493 e. The Morgan fingerprint density at radius 2 is 1.38 bits per heavy atom. The zero-order valence-corrected chi connectivity index (χ0v) is 21.7. The number of hydrogen-bond donors (Lipinski definition) is 1. The molecule has 0 aliphatic carbocycles. The monoisotopic (exact) mass is 546 g/mol. The molecule has 0 saturated carbocycles. The first-order valence-electron chi connectivity index (χ1n) is 11.7. The van der Waals surface area contributed by atoms with Gasteiger partial charge in [-0.15, -0.1) is 0 Å². The Morgan fingerprint density at radius 1 is 0.718 bits per heavy atom. The maximum Gasteiger partial charge on any atom is 0.261 e. The van der Waals surface area contributed by atoms with E-state index in [-0.39, 0.29) is 16.3 Å². The van der Waals surface area contributed by atoms with E-state index in [0.29, 0.717) is 39.7 Å². The van der Waals surface area contributed by atoms with Crippen LogP contribution in [0.4, 0.5) is 10.1 Å². The first-order valence-corrected chi connectivity index (χ1v) is 13.2. The number of sulfonamides is 1. The molecule has 5 aromatic rings. The second-order valence-corrected chi connectivity index (χ2v) is 9.95. The van der Waals surface area contributed by atoms with Crippen molar-refractivity contribution in [2.45, 2.75) is 4.90 Å². The lowest BCUT2D eigenvalue weighted by atomic mass is 10.2. The predicted molar refractivity (Wildman–Crippen MR) is 145 cm³/mol. The van der Waals surface area contributed by atoms with Crippen LogP contribution in [0.1, 0.15) is 0 Å². The van der Waals surface area contributed by atoms with Crippen molar-refractivity contribution in [1.29, 1.82) is 0 Å². The Balaban J connectivity index is 1.33. The molecule has 0 unspecified atom stereocenters. The largest absolute Gasteiger partial charge is 0.493 e. The number of methoxy groups -OCH3 is 2. The van der Waals surface area contributed by atoms with Crippen molar-refractivity contribution in [2.75, 3.05) is 18.9 Å². The minimum absolute atomic E-state index is 0.0460. The van der Waals surface area contributed by atoms with Gasteiger partial charge in [0, 0.05) is 23.7 Å². The van der Waals surface area contributed by atoms with E-state index in [4.69, 9.17) is 18.9 Å². The van der Waals surface area contributed by atoms with E-state index in [9.17, 15) is 12.8 Å². The predicted octanol–water partition coefficient (Wildman–Crippen LogP) is 6.78. The van der Waals surface area contributed by atoms with Crippen LogP contribution in [-0.2, 0) is 10.0 Å². The summed E-state index contributed by atoms with van der Waals surface area (Å²) in [4.78, 5) is 4.27. The number of nitrogens with zero attached hydrogens (tertiary/aromatic N) is 1. The highest BCUT2D eigenvalue weighted by atomic mass is 32.2. The Labute approximate surface area is 224 Å². The van der Waals surface area contributed by atoms with E-state index in [1.807, 2.05) is 18.2 Å². The molecule has 0 radical (unpaired) electrons. The molecule has 0 saturated heterocycles. The minimum atomic E-state index is -4.06. The van der Waals surface area contributed by atoms with Crippen molar-refractivity contribution in [3.63, 3.8) is 0 Å². The topological polar surface area (TPSA) is 96.0 Å². The van der Waals surface area contributed by atoms with Gasteiger partial charge >= 0.3 is 0 Å². The highest BCUT2D eigenvalue weighted by molar-refractivity contribution is 7.92. The Kier molecular flexibility index (Phi) is 7.20. The molecular weight excluding hydrogens is 523 g/mol. The van der Waals surface area contributed by atoms with Gasteiger partial charge in [-0.3, -0.25) is 9.71 Å². The molecule has 10 heteroatoms. The third-order valence-electron chi connectivity index (χ3n) is 5.73. The van der Waals surface area contributed by atoms with Crippen LogP contribution in [0.3, 0.4) is 0 Å². The fourth-order valence-electron chi connectivity index (χ4n) is 3.82. The number of pyridine rings is 1. The normalized spacial score (nSPS) is 11.2. The van der Waals surface area contributed by atoms with Crippen molar-refractivity contribution < 1.29 is 31.8 Å². The number of rotatable bonds is 9. The van der Waals surface area contributed by atoms with Crippen LogP contribution >= 0.6 is 0 Å². The summed E-state index contributed by atoms with van der Waals surface area (Å²) in [5, 5.41) is 0.625. The van der Waals surface area contributed by atoms with Crippen molar-refractivity contribution in [3.8, 4) is 34.5 Å². The molecule has 0 amide bonds. The molecule has 8 nitrogen and oxygen atoms in total. The fourth-order valence-corrected chi connectivity index (χ4v) is 4.89. The van der Waals surface area contributed by atoms with Crippen LogP contribution in [-0.4, -0.2) is 27.6 Å². The molecular formula is C29H23FN2O6S. The van der Waals surface area contributed by atoms with E-state index in [0.717, 1.165) is 6.07 Å². The van der Waals surface area contributed by atoms with E-state index < -0.39 is 15.8 Å². The molecule has 1 N–H and O–H groups in total. The van der Waals surface area contributed by atoms with E-state index in [2.05, 4.69) is 9.71 Å². The number of anilines is 1. The molecule has 0 bridgehead atoms. The van der Waals surface area contributed by atoms with E-state index >= 15 is 0 Å². The lowest BCUT2D eigenvalue weighted by molar-refractivity contribution is 0.355. The van der Waals surface area contributed by atoms with Crippen molar-refractivity contribution in [2.24, 2.45) is 0 Å². The first kappa shape index (κ1) is 25.8. The van der Waals surface area contributed by atoms with Gasteiger partial charge in [0.25, 0.3) is 10.0 Å². The standard InChI is InChI=1S/C29H23FN2O6S/c1-35-28-17-23-26(18-29(28)36-2)31-15-14-27(23)38-21-10-13-25(24(30)16-21)32-39(33,34)22-11-8-20(9-12-22)37-19-6-4-3-5-7-19/h3-18,32H,1-2H3. The van der Waals surface area contributed by atoms with Crippen LogP contribution in [0, 0.1) is 5.82 Å². The molecule has 0 atom stereocenters. The SMILES string of the molecule is COc1cc2nccc(Oc3ccc(NS(=O)(=O)c4ccc(Oc5ccccc5)cc4)c(F)c3)c2cc1OC. The lowest BCUT2D eigenvalue weighted by Crippen LogP contribution is -2.13. The third kappa shape index (κ3) is 5.70. The van der Waals surface area contributed by atoms with Gasteiger partial charge in [-0.25, -0.2) is 12.8 Å². The van der Waals surface area contributed by atoms with Crippen molar-refractivity contribution >= 4 is 26.6 Å². The molecule has 1 aromatic heterocycles. The number of fused-ring (bicyclic) bond motifs is 1. The van der Waals surface area contributed by atoms with Crippen LogP contribution < -0.4 is 23.7 Å².